The smallest absolute Gasteiger partial charge is 0.550 e. The Kier molecular flexibility index (Phi) is 41.1. The summed E-state index contributed by atoms with van der Waals surface area (Å²) in [4.78, 5) is 58.8. The predicted molar refractivity (Wildman–Crippen MR) is 235 cm³/mol. The Hall–Kier alpha value is -6.22. The number of hydrogen-bond acceptors (Lipinski definition) is 10. The standard InChI is InChI=1S/2C14H13BrN4.2C3H7NO.2C2H4O2.2Cu.2N3/c2*15-14-6-12(8-18-3-1-16-10-18)5-13(7-14)9-19-4-2-17-11-19;2*1-4(2)3-5;2*1-2(3)4;;;2*1-3-2/h2*1-7,10-11H,8-9H2;2*3H,1-2H3;2*1H3,(H,3,4);;;;/q;;;;;;2*+2;2*-1/p-2. The molecule has 6 rings (SSSR count). The van der Waals surface area contributed by atoms with Crippen molar-refractivity contribution in [2.24, 2.45) is 0 Å². The molecular weight excluding hydrogens is 1060 g/mol. The Balaban J connectivity index is -0.000000370. The fourth-order valence-corrected chi connectivity index (χ4v) is 5.34. The monoisotopic (exact) mass is 1110 g/mol. The number of hydrogen-bond donors (Lipinski definition) is 0. The second kappa shape index (κ2) is 40.8. The summed E-state index contributed by atoms with van der Waals surface area (Å²) in [6.07, 6.45) is 23.9. The molecule has 0 N–H and O–H groups in total. The fourth-order valence-electron chi connectivity index (χ4n) is 4.16. The van der Waals surface area contributed by atoms with Gasteiger partial charge in [0.05, 0.1) is 25.3 Å². The number of carbonyl (C=O) groups excluding carboxylic acids is 4. The minimum absolute atomic E-state index is 0. The summed E-state index contributed by atoms with van der Waals surface area (Å²) >= 11 is 7.14. The van der Waals surface area contributed by atoms with Crippen molar-refractivity contribution in [1.82, 2.24) is 48.0 Å². The number of carboxylic acid groups (broad SMARTS) is 2. The predicted octanol–water partition coefficient (Wildman–Crippen LogP) is 4.53. The molecule has 0 saturated heterocycles. The Bertz CT molecular complexity index is 1890. The van der Waals surface area contributed by atoms with Crippen molar-refractivity contribution in [2.45, 2.75) is 40.0 Å². The molecule has 0 unspecified atom stereocenters. The van der Waals surface area contributed by atoms with Gasteiger partial charge < -0.3 is 70.0 Å². The number of amides is 2. The van der Waals surface area contributed by atoms with E-state index in [1.807, 2.05) is 50.1 Å². The molecule has 0 aliphatic heterocycles. The topological polar surface area (TPSA) is 310 Å². The Labute approximate surface area is 408 Å². The van der Waals surface area contributed by atoms with E-state index >= 15 is 0 Å². The molecule has 64 heavy (non-hydrogen) atoms. The average Bonchev–Trinajstić information content (AvgIpc) is 4.03. The van der Waals surface area contributed by atoms with Crippen LogP contribution in [0, 0.1) is 0 Å². The summed E-state index contributed by atoms with van der Waals surface area (Å²) in [7, 11) is 6.75. The second-order valence-electron chi connectivity index (χ2n) is 12.2. The van der Waals surface area contributed by atoms with Gasteiger partial charge in [-0.2, -0.15) is 0 Å². The quantitative estimate of drug-likeness (QED) is 0.0607. The summed E-state index contributed by atoms with van der Waals surface area (Å²) in [6, 6.07) is 13.0. The number of halogens is 2. The van der Waals surface area contributed by atoms with Gasteiger partial charge in [0, 0.05) is 125 Å². The van der Waals surface area contributed by atoms with Crippen LogP contribution in [0.25, 0.3) is 31.9 Å². The van der Waals surface area contributed by atoms with Crippen LogP contribution in [-0.2, 0) is 79.5 Å². The van der Waals surface area contributed by atoms with Crippen LogP contribution in [0.5, 0.6) is 0 Å². The average molecular weight is 1110 g/mol. The first-order valence-electron chi connectivity index (χ1n) is 17.4. The maximum absolute atomic E-state index is 9.43. The number of rotatable bonds is 10. The largest absolute Gasteiger partial charge is 2.00 e. The van der Waals surface area contributed by atoms with Gasteiger partial charge in [-0.15, -0.1) is 0 Å². The fraction of sp³-hybridized carbons (Fsp3) is 0.263. The number of aromatic nitrogens is 8. The summed E-state index contributed by atoms with van der Waals surface area (Å²) in [6.45, 7) is 5.26. The van der Waals surface area contributed by atoms with Gasteiger partial charge in [-0.3, -0.25) is 19.4 Å². The number of aliphatic carboxylic acids is 2. The molecule has 4 aromatic heterocycles. The van der Waals surface area contributed by atoms with E-state index in [0.29, 0.717) is 0 Å². The normalized spacial score (nSPS) is 8.50. The van der Waals surface area contributed by atoms with Crippen molar-refractivity contribution >= 4 is 56.6 Å². The zero-order valence-electron chi connectivity index (χ0n) is 35.3. The van der Waals surface area contributed by atoms with Gasteiger partial charge in [-0.05, 0) is 60.4 Å². The van der Waals surface area contributed by atoms with Crippen molar-refractivity contribution in [3.63, 3.8) is 0 Å². The van der Waals surface area contributed by atoms with Crippen molar-refractivity contribution in [3.05, 3.63) is 174 Å². The van der Waals surface area contributed by atoms with Crippen LogP contribution in [0.3, 0.4) is 0 Å². The van der Waals surface area contributed by atoms with Crippen molar-refractivity contribution in [1.29, 1.82) is 0 Å². The number of carboxylic acids is 2. The van der Waals surface area contributed by atoms with Crippen LogP contribution in [0.1, 0.15) is 36.1 Å². The minimum atomic E-state index is -1.08. The number of benzene rings is 2. The molecule has 26 heteroatoms. The molecule has 0 aliphatic carbocycles. The molecule has 4 heterocycles. The number of carbonyl (C=O) groups is 4. The summed E-state index contributed by atoms with van der Waals surface area (Å²) < 4.78 is 10.4. The molecule has 0 atom stereocenters. The van der Waals surface area contributed by atoms with Crippen molar-refractivity contribution < 1.29 is 63.5 Å². The summed E-state index contributed by atoms with van der Waals surface area (Å²) in [5.74, 6) is -2.17. The van der Waals surface area contributed by atoms with E-state index in [4.69, 9.17) is 41.9 Å². The molecule has 2 radical (unpaired) electrons. The van der Waals surface area contributed by atoms with E-state index in [1.165, 1.54) is 41.9 Å². The first-order chi connectivity index (χ1) is 29.4. The van der Waals surface area contributed by atoms with Crippen LogP contribution >= 0.6 is 31.9 Å². The van der Waals surface area contributed by atoms with E-state index < -0.39 is 11.9 Å². The van der Waals surface area contributed by atoms with Gasteiger partial charge in [-0.1, -0.05) is 44.0 Å². The van der Waals surface area contributed by atoms with Gasteiger partial charge in [-0.25, -0.2) is 19.9 Å². The Morgan fingerprint density at radius 1 is 0.547 bits per heavy atom. The molecular formula is C38H46Br2Cu2N16O6. The number of nitrogens with zero attached hydrogens (tertiary/aromatic N) is 16. The Morgan fingerprint density at radius 2 is 0.719 bits per heavy atom. The maximum atomic E-state index is 9.43. The van der Waals surface area contributed by atoms with Crippen LogP contribution in [0.2, 0.25) is 0 Å². The van der Waals surface area contributed by atoms with E-state index in [9.17, 15) is 9.59 Å². The van der Waals surface area contributed by atoms with E-state index in [2.05, 4.69) is 106 Å². The van der Waals surface area contributed by atoms with Gasteiger partial charge in [0.15, 0.2) is 0 Å². The van der Waals surface area contributed by atoms with E-state index in [0.717, 1.165) is 61.8 Å². The van der Waals surface area contributed by atoms with Gasteiger partial charge >= 0.3 is 34.1 Å². The zero-order chi connectivity index (χ0) is 47.3. The molecule has 0 bridgehead atoms. The molecule has 350 valence electrons. The molecule has 0 aliphatic rings. The maximum Gasteiger partial charge on any atom is 2.00 e. The zero-order valence-corrected chi connectivity index (χ0v) is 40.4. The summed E-state index contributed by atoms with van der Waals surface area (Å²) in [5, 5.41) is 17.8. The number of imidazole rings is 4. The minimum Gasteiger partial charge on any atom is -0.550 e. The van der Waals surface area contributed by atoms with Crippen LogP contribution in [-0.4, -0.2) is 101 Å². The molecule has 6 aromatic rings. The van der Waals surface area contributed by atoms with Crippen LogP contribution in [0.15, 0.2) is 120 Å². The molecule has 0 spiro atoms. The first-order valence-corrected chi connectivity index (χ1v) is 19.0. The van der Waals surface area contributed by atoms with Gasteiger partial charge in [0.2, 0.25) is 12.8 Å². The first kappa shape index (κ1) is 64.4. The van der Waals surface area contributed by atoms with Crippen LogP contribution in [0.4, 0.5) is 0 Å². The summed E-state index contributed by atoms with van der Waals surface area (Å²) in [5.41, 5.74) is 32.0. The molecule has 22 nitrogen and oxygen atoms in total. The molecule has 0 fully saturated rings. The molecule has 2 amide bonds. The Morgan fingerprint density at radius 3 is 0.844 bits per heavy atom. The molecule has 2 aromatic carbocycles. The SMILES string of the molecule is Brc1cc(Cn2ccnc2)cc(Cn2ccnc2)c1.Brc1cc(Cn2ccnc2)cc(Cn2ccnc2)c1.CC(=O)[O-].CC(=O)[O-].CN(C)C=O.CN(C)C=O.[Cu+2].[Cu+2].[N-]=[N+]=[N-].[N-]=[N+]=[N-]. The van der Waals surface area contributed by atoms with E-state index in [-0.39, 0.29) is 34.1 Å². The van der Waals surface area contributed by atoms with Gasteiger partial charge in [0.1, 0.15) is 0 Å². The van der Waals surface area contributed by atoms with Crippen molar-refractivity contribution in [2.75, 3.05) is 28.2 Å². The van der Waals surface area contributed by atoms with Crippen molar-refractivity contribution in [3.8, 4) is 0 Å². The third-order valence-corrected chi connectivity index (χ3v) is 7.07. The second-order valence-corrected chi connectivity index (χ2v) is 14.0. The third kappa shape index (κ3) is 38.7. The molecule has 0 saturated carbocycles. The van der Waals surface area contributed by atoms with Gasteiger partial charge in [0.25, 0.3) is 0 Å². The van der Waals surface area contributed by atoms with Crippen LogP contribution < -0.4 is 10.2 Å². The third-order valence-electron chi connectivity index (χ3n) is 6.15. The van der Waals surface area contributed by atoms with E-state index in [1.54, 1.807) is 53.0 Å².